The van der Waals surface area contributed by atoms with Gasteiger partial charge in [0.15, 0.2) is 0 Å². The zero-order chi connectivity index (χ0) is 24.2. The van der Waals surface area contributed by atoms with Crippen molar-refractivity contribution in [3.8, 4) is 10.4 Å². The number of likely N-dealkylation sites (tertiary alicyclic amines) is 1. The molecule has 1 saturated heterocycles. The summed E-state index contributed by atoms with van der Waals surface area (Å²) in [7, 11) is 0. The first kappa shape index (κ1) is 24.0. The summed E-state index contributed by atoms with van der Waals surface area (Å²) in [6.45, 7) is 6.42. The van der Waals surface area contributed by atoms with Gasteiger partial charge in [-0.2, -0.15) is 0 Å². The second-order valence-corrected chi connectivity index (χ2v) is 9.91. The third-order valence-corrected chi connectivity index (χ3v) is 7.21. The van der Waals surface area contributed by atoms with Crippen molar-refractivity contribution in [2.24, 2.45) is 5.92 Å². The molecule has 1 fully saturated rings. The Kier molecular flexibility index (Phi) is 7.38. The summed E-state index contributed by atoms with van der Waals surface area (Å²) in [5, 5.41) is 13.2. The summed E-state index contributed by atoms with van der Waals surface area (Å²) in [5.41, 5.74) is 5.57. The first-order valence-corrected chi connectivity index (χ1v) is 12.4. The zero-order valence-corrected chi connectivity index (χ0v) is 20.5. The molecule has 3 aromatic rings. The Morgan fingerprint density at radius 3 is 2.56 bits per heavy atom. The quantitative estimate of drug-likeness (QED) is 0.542. The van der Waals surface area contributed by atoms with Crippen molar-refractivity contribution in [2.45, 2.75) is 51.8 Å². The third kappa shape index (κ3) is 5.18. The van der Waals surface area contributed by atoms with E-state index in [4.69, 9.17) is 0 Å². The summed E-state index contributed by atoms with van der Waals surface area (Å²) < 4.78 is 0. The molecule has 0 spiro atoms. The largest absolute Gasteiger partial charge is 0.391 e. The number of nitrogens with one attached hydrogen (secondary N) is 1. The topological polar surface area (TPSA) is 95.4 Å². The number of carbonyl (C=O) groups excluding carboxylic acids is 2. The molecule has 7 nitrogen and oxygen atoms in total. The fourth-order valence-corrected chi connectivity index (χ4v) is 5.27. The Balaban J connectivity index is 1.43. The summed E-state index contributed by atoms with van der Waals surface area (Å²) in [5.74, 6) is -0.889. The monoisotopic (exact) mass is 478 g/mol. The van der Waals surface area contributed by atoms with Crippen LogP contribution in [0, 0.1) is 12.8 Å². The van der Waals surface area contributed by atoms with Gasteiger partial charge in [-0.3, -0.25) is 14.6 Å². The van der Waals surface area contributed by atoms with Crippen LogP contribution in [0.25, 0.3) is 10.4 Å². The molecule has 1 aliphatic heterocycles. The molecule has 2 aromatic heterocycles. The normalized spacial score (nSPS) is 18.8. The minimum Gasteiger partial charge on any atom is -0.391 e. The van der Waals surface area contributed by atoms with Gasteiger partial charge in [0.25, 0.3) is 0 Å². The van der Waals surface area contributed by atoms with E-state index in [0.29, 0.717) is 12.2 Å². The smallest absolute Gasteiger partial charge is 0.243 e. The number of carbonyl (C=O) groups is 2. The molecule has 4 rings (SSSR count). The molecule has 0 unspecified atom stereocenters. The zero-order valence-electron chi connectivity index (χ0n) is 19.6. The van der Waals surface area contributed by atoms with Gasteiger partial charge in [0.05, 0.1) is 33.8 Å². The number of hydrogen-bond acceptors (Lipinski definition) is 6. The predicted molar refractivity (Wildman–Crippen MR) is 132 cm³/mol. The van der Waals surface area contributed by atoms with Crippen LogP contribution in [0.15, 0.2) is 54.2 Å². The van der Waals surface area contributed by atoms with Crippen LogP contribution in [0.5, 0.6) is 0 Å². The van der Waals surface area contributed by atoms with Crippen molar-refractivity contribution in [1.82, 2.24) is 20.2 Å². The Bertz CT molecular complexity index is 1130. The first-order valence-electron chi connectivity index (χ1n) is 11.5. The molecule has 1 aromatic carbocycles. The standard InChI is InChI=1S/C26H30N4O3S/c1-16(2)23(21-6-4-5-11-27-21)26(33)30-14-20(31)12-22(30)25(32)28-13-18-7-9-19(10-8-18)24-17(3)29-15-34-24/h4-11,15-16,20,22-23,31H,12-14H2,1-3H3,(H,28,32)/t20-,22+,23-/m1/s1. The van der Waals surface area contributed by atoms with Crippen LogP contribution in [0.4, 0.5) is 0 Å². The van der Waals surface area contributed by atoms with E-state index in [1.54, 1.807) is 17.5 Å². The lowest BCUT2D eigenvalue weighted by Gasteiger charge is -2.29. The van der Waals surface area contributed by atoms with Gasteiger partial charge in [0.1, 0.15) is 6.04 Å². The molecule has 178 valence electrons. The first-order chi connectivity index (χ1) is 16.3. The van der Waals surface area contributed by atoms with E-state index in [9.17, 15) is 14.7 Å². The van der Waals surface area contributed by atoms with E-state index in [1.807, 2.05) is 68.7 Å². The molecular weight excluding hydrogens is 448 g/mol. The number of benzene rings is 1. The Hall–Kier alpha value is -3.10. The van der Waals surface area contributed by atoms with E-state index in [1.165, 1.54) is 4.90 Å². The van der Waals surface area contributed by atoms with Gasteiger partial charge in [-0.05, 0) is 36.1 Å². The molecule has 0 aliphatic carbocycles. The molecule has 0 bridgehead atoms. The van der Waals surface area contributed by atoms with Gasteiger partial charge in [-0.15, -0.1) is 11.3 Å². The molecule has 2 amide bonds. The lowest BCUT2D eigenvalue weighted by Crippen LogP contribution is -2.48. The van der Waals surface area contributed by atoms with Crippen molar-refractivity contribution >= 4 is 23.2 Å². The lowest BCUT2D eigenvalue weighted by molar-refractivity contribution is -0.140. The maximum Gasteiger partial charge on any atom is 0.243 e. The number of aromatic nitrogens is 2. The minimum absolute atomic E-state index is 0.00421. The average molecular weight is 479 g/mol. The number of β-amino-alcohol motifs (C(OH)–C–C–N with tert-alkyl or cyclic N) is 1. The van der Waals surface area contributed by atoms with Gasteiger partial charge in [0, 0.05) is 25.7 Å². The van der Waals surface area contributed by atoms with Crippen molar-refractivity contribution in [3.05, 3.63) is 71.1 Å². The van der Waals surface area contributed by atoms with Crippen LogP contribution in [0.1, 0.15) is 43.1 Å². The van der Waals surface area contributed by atoms with Crippen LogP contribution in [-0.4, -0.2) is 50.5 Å². The number of rotatable bonds is 7. The average Bonchev–Trinajstić information content (AvgIpc) is 3.44. The minimum atomic E-state index is -0.724. The Morgan fingerprint density at radius 2 is 1.94 bits per heavy atom. The molecule has 0 radical (unpaired) electrons. The van der Waals surface area contributed by atoms with Crippen LogP contribution >= 0.6 is 11.3 Å². The second-order valence-electron chi connectivity index (χ2n) is 9.05. The highest BCUT2D eigenvalue weighted by Crippen LogP contribution is 2.30. The third-order valence-electron chi connectivity index (χ3n) is 6.23. The molecule has 2 N–H and O–H groups in total. The van der Waals surface area contributed by atoms with Crippen molar-refractivity contribution in [2.75, 3.05) is 6.54 Å². The predicted octanol–water partition coefficient (Wildman–Crippen LogP) is 3.53. The fraction of sp³-hybridized carbons (Fsp3) is 0.385. The Morgan fingerprint density at radius 1 is 1.18 bits per heavy atom. The Labute approximate surface area is 203 Å². The van der Waals surface area contributed by atoms with Crippen LogP contribution in [-0.2, 0) is 16.1 Å². The highest BCUT2D eigenvalue weighted by atomic mass is 32.1. The van der Waals surface area contributed by atoms with Crippen LogP contribution in [0.3, 0.4) is 0 Å². The van der Waals surface area contributed by atoms with E-state index in [0.717, 1.165) is 21.7 Å². The second kappa shape index (κ2) is 10.4. The molecule has 1 aliphatic rings. The summed E-state index contributed by atoms with van der Waals surface area (Å²) in [6.07, 6.45) is 1.18. The van der Waals surface area contributed by atoms with Gasteiger partial charge in [-0.1, -0.05) is 44.2 Å². The van der Waals surface area contributed by atoms with E-state index in [-0.39, 0.29) is 30.7 Å². The lowest BCUT2D eigenvalue weighted by atomic mass is 9.90. The number of amides is 2. The van der Waals surface area contributed by atoms with E-state index < -0.39 is 18.1 Å². The van der Waals surface area contributed by atoms with Crippen molar-refractivity contribution in [3.63, 3.8) is 0 Å². The maximum absolute atomic E-state index is 13.5. The maximum atomic E-state index is 13.5. The van der Waals surface area contributed by atoms with Crippen LogP contribution < -0.4 is 5.32 Å². The van der Waals surface area contributed by atoms with Crippen molar-refractivity contribution < 1.29 is 14.7 Å². The molecule has 3 atom stereocenters. The summed E-state index contributed by atoms with van der Waals surface area (Å²) >= 11 is 1.60. The van der Waals surface area contributed by atoms with Crippen molar-refractivity contribution in [1.29, 1.82) is 0 Å². The molecular formula is C26H30N4O3S. The van der Waals surface area contributed by atoms with Gasteiger partial charge < -0.3 is 15.3 Å². The molecule has 3 heterocycles. The number of hydrogen-bond donors (Lipinski definition) is 2. The fourth-order valence-electron chi connectivity index (χ4n) is 4.46. The number of pyridine rings is 1. The molecule has 34 heavy (non-hydrogen) atoms. The van der Waals surface area contributed by atoms with E-state index in [2.05, 4.69) is 15.3 Å². The van der Waals surface area contributed by atoms with Gasteiger partial charge >= 0.3 is 0 Å². The SMILES string of the molecule is Cc1ncsc1-c1ccc(CNC(=O)[C@@H]2C[C@@H](O)CN2C(=O)[C@@H](c2ccccn2)C(C)C)cc1. The summed E-state index contributed by atoms with van der Waals surface area (Å²) in [4.78, 5) is 37.9. The summed E-state index contributed by atoms with van der Waals surface area (Å²) in [6, 6.07) is 12.8. The highest BCUT2D eigenvalue weighted by molar-refractivity contribution is 7.13. The van der Waals surface area contributed by atoms with Gasteiger partial charge in [0.2, 0.25) is 11.8 Å². The number of aliphatic hydroxyl groups is 1. The molecule has 0 saturated carbocycles. The molecule has 8 heteroatoms. The van der Waals surface area contributed by atoms with E-state index >= 15 is 0 Å². The number of aliphatic hydroxyl groups excluding tert-OH is 1. The number of nitrogens with zero attached hydrogens (tertiary/aromatic N) is 3. The van der Waals surface area contributed by atoms with Crippen LogP contribution in [0.2, 0.25) is 0 Å². The highest BCUT2D eigenvalue weighted by Gasteiger charge is 2.42. The number of aryl methyl sites for hydroxylation is 1. The number of thiazole rings is 1. The van der Waals surface area contributed by atoms with Gasteiger partial charge in [-0.25, -0.2) is 4.98 Å².